The Labute approximate surface area is 217 Å². The van der Waals surface area contributed by atoms with E-state index in [9.17, 15) is 13.9 Å². The van der Waals surface area contributed by atoms with Crippen LogP contribution in [0.3, 0.4) is 0 Å². The summed E-state index contributed by atoms with van der Waals surface area (Å²) in [6.07, 6.45) is 6.69. The molecular weight excluding hydrogens is 476 g/mol. The summed E-state index contributed by atoms with van der Waals surface area (Å²) in [6, 6.07) is 11.9. The second-order valence-electron chi connectivity index (χ2n) is 11.0. The number of anilines is 1. The molecule has 2 aromatic carbocycles. The highest BCUT2D eigenvalue weighted by Gasteiger charge is 2.35. The van der Waals surface area contributed by atoms with Crippen molar-refractivity contribution in [3.05, 3.63) is 82.5 Å². The van der Waals surface area contributed by atoms with Crippen LogP contribution in [0.25, 0.3) is 0 Å². The van der Waals surface area contributed by atoms with Crippen LogP contribution in [0, 0.1) is 11.6 Å². The Kier molecular flexibility index (Phi) is 8.43. The first-order chi connectivity index (χ1) is 17.1. The minimum Gasteiger partial charge on any atom is -0.390 e. The second-order valence-corrected chi connectivity index (χ2v) is 11.9. The molecule has 7 heteroatoms. The highest BCUT2D eigenvalue weighted by molar-refractivity contribution is 7.13. The Hall–Kier alpha value is -2.35. The molecule has 2 unspecified atom stereocenters. The molecule has 2 atom stereocenters. The van der Waals surface area contributed by atoms with Crippen LogP contribution in [0.1, 0.15) is 69.6 Å². The van der Waals surface area contributed by atoms with Crippen LogP contribution < -0.4 is 10.6 Å². The van der Waals surface area contributed by atoms with Crippen molar-refractivity contribution in [2.45, 2.75) is 82.4 Å². The van der Waals surface area contributed by atoms with Crippen molar-refractivity contribution < 1.29 is 13.9 Å². The molecule has 194 valence electrons. The summed E-state index contributed by atoms with van der Waals surface area (Å²) in [5.74, 6) is -1.23. The number of aromatic nitrogens is 1. The quantitative estimate of drug-likeness (QED) is 0.304. The van der Waals surface area contributed by atoms with Crippen LogP contribution in [0.4, 0.5) is 13.8 Å². The number of nitrogens with zero attached hydrogens (tertiary/aromatic N) is 1. The zero-order valence-electron chi connectivity index (χ0n) is 21.4. The fraction of sp³-hybridized carbons (Fsp3) is 0.483. The lowest BCUT2D eigenvalue weighted by Crippen LogP contribution is -2.50. The van der Waals surface area contributed by atoms with Crippen LogP contribution in [0.5, 0.6) is 0 Å². The molecule has 0 spiro atoms. The van der Waals surface area contributed by atoms with Gasteiger partial charge in [-0.15, -0.1) is 11.3 Å². The maximum Gasteiger partial charge on any atom is 0.126 e. The normalized spacial score (nSPS) is 17.5. The summed E-state index contributed by atoms with van der Waals surface area (Å²) in [6.45, 7) is 7.03. The molecule has 1 fully saturated rings. The van der Waals surface area contributed by atoms with Crippen molar-refractivity contribution in [1.82, 2.24) is 10.3 Å². The predicted octanol–water partition coefficient (Wildman–Crippen LogP) is 6.55. The van der Waals surface area contributed by atoms with Crippen LogP contribution in [0.15, 0.2) is 54.2 Å². The molecular formula is C29H37F2N3OS. The molecule has 0 saturated heterocycles. The maximum absolute atomic E-state index is 13.9. The molecule has 0 amide bonds. The molecule has 1 aliphatic rings. The van der Waals surface area contributed by atoms with E-state index in [4.69, 9.17) is 0 Å². The van der Waals surface area contributed by atoms with Gasteiger partial charge in [0.05, 0.1) is 23.9 Å². The minimum absolute atomic E-state index is 0.0510. The number of aliphatic hydroxyl groups is 1. The van der Waals surface area contributed by atoms with Crippen molar-refractivity contribution in [3.63, 3.8) is 0 Å². The summed E-state index contributed by atoms with van der Waals surface area (Å²) in [4.78, 5) is 4.11. The monoisotopic (exact) mass is 513 g/mol. The van der Waals surface area contributed by atoms with Crippen LogP contribution in [-0.2, 0) is 17.4 Å². The Balaban J connectivity index is 1.55. The summed E-state index contributed by atoms with van der Waals surface area (Å²) in [7, 11) is 0. The van der Waals surface area contributed by atoms with Crippen LogP contribution in [-0.4, -0.2) is 28.8 Å². The molecule has 1 heterocycles. The minimum atomic E-state index is -0.789. The van der Waals surface area contributed by atoms with Crippen molar-refractivity contribution in [3.8, 4) is 0 Å². The number of thiazole rings is 1. The molecule has 4 nitrogen and oxygen atoms in total. The van der Waals surface area contributed by atoms with Crippen LogP contribution in [0.2, 0.25) is 0 Å². The molecule has 1 aliphatic carbocycles. The summed E-state index contributed by atoms with van der Waals surface area (Å²) >= 11 is 1.43. The van der Waals surface area contributed by atoms with E-state index in [2.05, 4.69) is 60.7 Å². The summed E-state index contributed by atoms with van der Waals surface area (Å²) in [5.41, 5.74) is 4.62. The topological polar surface area (TPSA) is 57.2 Å². The van der Waals surface area contributed by atoms with Gasteiger partial charge in [-0.1, -0.05) is 64.3 Å². The van der Waals surface area contributed by atoms with E-state index in [0.29, 0.717) is 12.1 Å². The summed E-state index contributed by atoms with van der Waals surface area (Å²) < 4.78 is 27.7. The number of halogens is 2. The Morgan fingerprint density at radius 1 is 1.06 bits per heavy atom. The Morgan fingerprint density at radius 3 is 2.42 bits per heavy atom. The van der Waals surface area contributed by atoms with E-state index in [1.54, 1.807) is 11.7 Å². The predicted molar refractivity (Wildman–Crippen MR) is 144 cm³/mol. The number of hydrogen-bond donors (Lipinski definition) is 3. The van der Waals surface area contributed by atoms with E-state index in [-0.39, 0.29) is 17.4 Å². The molecule has 0 bridgehead atoms. The first-order valence-electron chi connectivity index (χ1n) is 12.8. The maximum atomic E-state index is 13.9. The van der Waals surface area contributed by atoms with Gasteiger partial charge in [0.25, 0.3) is 0 Å². The van der Waals surface area contributed by atoms with E-state index < -0.39 is 23.8 Å². The average Bonchev–Trinajstić information content (AvgIpc) is 3.35. The third kappa shape index (κ3) is 6.69. The van der Waals surface area contributed by atoms with Crippen molar-refractivity contribution in [2.24, 2.45) is 0 Å². The smallest absolute Gasteiger partial charge is 0.126 e. The van der Waals surface area contributed by atoms with Gasteiger partial charge in [-0.05, 0) is 53.5 Å². The lowest BCUT2D eigenvalue weighted by molar-refractivity contribution is 0.122. The number of benzene rings is 2. The molecule has 1 saturated carbocycles. The van der Waals surface area contributed by atoms with E-state index >= 15 is 0 Å². The van der Waals surface area contributed by atoms with Gasteiger partial charge in [-0.25, -0.2) is 8.78 Å². The number of hydrogen-bond acceptors (Lipinski definition) is 5. The lowest BCUT2D eigenvalue weighted by Gasteiger charge is -2.41. The van der Waals surface area contributed by atoms with Gasteiger partial charge in [0.1, 0.15) is 16.6 Å². The largest absolute Gasteiger partial charge is 0.390 e. The second kappa shape index (κ2) is 11.4. The number of rotatable bonds is 9. The van der Waals surface area contributed by atoms with Crippen LogP contribution >= 0.6 is 11.3 Å². The van der Waals surface area contributed by atoms with E-state index in [1.165, 1.54) is 41.0 Å². The lowest BCUT2D eigenvalue weighted by atomic mass is 9.74. The first-order valence-corrected chi connectivity index (χ1v) is 13.7. The molecule has 36 heavy (non-hydrogen) atoms. The molecule has 4 rings (SSSR count). The average molecular weight is 514 g/mol. The van der Waals surface area contributed by atoms with Crippen molar-refractivity contribution >= 4 is 16.3 Å². The molecule has 0 aliphatic heterocycles. The highest BCUT2D eigenvalue weighted by atomic mass is 32.1. The third-order valence-corrected chi connectivity index (χ3v) is 7.94. The van der Waals surface area contributed by atoms with Gasteiger partial charge in [0.2, 0.25) is 0 Å². The fourth-order valence-electron chi connectivity index (χ4n) is 5.18. The number of aliphatic hydroxyl groups excluding tert-OH is 1. The number of nitrogens with one attached hydrogen (secondary N) is 2. The van der Waals surface area contributed by atoms with Crippen molar-refractivity contribution in [2.75, 3.05) is 11.9 Å². The molecule has 1 aromatic heterocycles. The van der Waals surface area contributed by atoms with Gasteiger partial charge in [0.15, 0.2) is 0 Å². The fourth-order valence-corrected chi connectivity index (χ4v) is 5.76. The molecule has 3 N–H and O–H groups in total. The van der Waals surface area contributed by atoms with E-state index in [1.807, 2.05) is 0 Å². The van der Waals surface area contributed by atoms with E-state index in [0.717, 1.165) is 36.8 Å². The molecule has 0 radical (unpaired) electrons. The van der Waals surface area contributed by atoms with Gasteiger partial charge in [-0.3, -0.25) is 4.98 Å². The zero-order chi connectivity index (χ0) is 25.8. The SMILES string of the molecule is CC(C)(C)c1cccc(C2(NCC(O)C(Cc3cc(F)cc(F)c3)Nc3cncs3)CCCCC2)c1. The van der Waals surface area contributed by atoms with Gasteiger partial charge < -0.3 is 15.7 Å². The van der Waals surface area contributed by atoms with Gasteiger partial charge in [0, 0.05) is 18.2 Å². The van der Waals surface area contributed by atoms with Gasteiger partial charge in [-0.2, -0.15) is 0 Å². The molecule has 3 aromatic rings. The first kappa shape index (κ1) is 26.7. The summed E-state index contributed by atoms with van der Waals surface area (Å²) in [5, 5.41) is 19.2. The van der Waals surface area contributed by atoms with Crippen molar-refractivity contribution in [1.29, 1.82) is 0 Å². The standard InChI is InChI=1S/C29H37F2N3OS/c1-28(2,3)21-8-7-9-22(15-21)29(10-5-4-6-11-29)33-17-26(35)25(34-27-18-32-19-36-27)14-20-12-23(30)16-24(31)13-20/h7-9,12-13,15-16,18-19,25-26,33-35H,4-6,10-11,14,17H2,1-3H3. The third-order valence-electron chi connectivity index (χ3n) is 7.24. The zero-order valence-corrected chi connectivity index (χ0v) is 22.2. The van der Waals surface area contributed by atoms with Gasteiger partial charge >= 0.3 is 0 Å². The Morgan fingerprint density at radius 2 is 1.78 bits per heavy atom. The highest BCUT2D eigenvalue weighted by Crippen LogP contribution is 2.38. The Bertz CT molecular complexity index is 1100.